The first-order valence-electron chi connectivity index (χ1n) is 7.84. The summed E-state index contributed by atoms with van der Waals surface area (Å²) in [5.74, 6) is 3.34. The third-order valence-corrected chi connectivity index (χ3v) is 4.63. The SMILES string of the molecule is CC1CCC(C)C(NCC2COc3ccccc3O2)C1. The molecule has 1 aliphatic carbocycles. The summed E-state index contributed by atoms with van der Waals surface area (Å²) in [5.41, 5.74) is 0. The Morgan fingerprint density at radius 3 is 2.80 bits per heavy atom. The summed E-state index contributed by atoms with van der Waals surface area (Å²) in [6, 6.07) is 8.53. The van der Waals surface area contributed by atoms with Gasteiger partial charge in [-0.25, -0.2) is 0 Å². The minimum Gasteiger partial charge on any atom is -0.486 e. The van der Waals surface area contributed by atoms with Crippen molar-refractivity contribution in [1.29, 1.82) is 0 Å². The van der Waals surface area contributed by atoms with E-state index in [-0.39, 0.29) is 6.10 Å². The highest BCUT2D eigenvalue weighted by molar-refractivity contribution is 5.40. The van der Waals surface area contributed by atoms with Crippen LogP contribution in [0.1, 0.15) is 33.1 Å². The Bertz CT molecular complexity index is 448. The van der Waals surface area contributed by atoms with Crippen LogP contribution in [0, 0.1) is 11.8 Å². The van der Waals surface area contributed by atoms with Gasteiger partial charge in [-0.05, 0) is 36.8 Å². The molecule has 3 rings (SSSR count). The number of hydrogen-bond acceptors (Lipinski definition) is 3. The second-order valence-corrected chi connectivity index (χ2v) is 6.41. The van der Waals surface area contributed by atoms with E-state index in [0.29, 0.717) is 12.6 Å². The van der Waals surface area contributed by atoms with Gasteiger partial charge in [0.05, 0.1) is 0 Å². The standard InChI is InChI=1S/C17H25NO2/c1-12-7-8-13(2)15(9-12)18-10-14-11-19-16-5-3-4-6-17(16)20-14/h3-6,12-15,18H,7-11H2,1-2H3. The van der Waals surface area contributed by atoms with E-state index in [9.17, 15) is 0 Å². The van der Waals surface area contributed by atoms with E-state index in [1.54, 1.807) is 0 Å². The zero-order chi connectivity index (χ0) is 13.9. The Balaban J connectivity index is 1.52. The van der Waals surface area contributed by atoms with Crippen molar-refractivity contribution in [1.82, 2.24) is 5.32 Å². The number of ether oxygens (including phenoxy) is 2. The lowest BCUT2D eigenvalue weighted by Gasteiger charge is -2.35. The van der Waals surface area contributed by atoms with Crippen molar-refractivity contribution in [3.63, 3.8) is 0 Å². The van der Waals surface area contributed by atoms with E-state index in [2.05, 4.69) is 19.2 Å². The quantitative estimate of drug-likeness (QED) is 0.918. The van der Waals surface area contributed by atoms with Crippen LogP contribution < -0.4 is 14.8 Å². The maximum absolute atomic E-state index is 6.00. The molecule has 110 valence electrons. The number of para-hydroxylation sites is 2. The van der Waals surface area contributed by atoms with Gasteiger partial charge in [0.25, 0.3) is 0 Å². The molecule has 0 amide bonds. The van der Waals surface area contributed by atoms with E-state index in [4.69, 9.17) is 9.47 Å². The van der Waals surface area contributed by atoms with E-state index in [1.807, 2.05) is 24.3 Å². The van der Waals surface area contributed by atoms with Gasteiger partial charge in [0, 0.05) is 12.6 Å². The van der Waals surface area contributed by atoms with Crippen molar-refractivity contribution in [2.75, 3.05) is 13.2 Å². The van der Waals surface area contributed by atoms with Crippen LogP contribution in [0.4, 0.5) is 0 Å². The molecule has 1 aromatic carbocycles. The van der Waals surface area contributed by atoms with E-state index >= 15 is 0 Å². The van der Waals surface area contributed by atoms with Crippen molar-refractivity contribution in [3.8, 4) is 11.5 Å². The molecule has 0 radical (unpaired) electrons. The van der Waals surface area contributed by atoms with Crippen LogP contribution in [0.15, 0.2) is 24.3 Å². The second kappa shape index (κ2) is 6.04. The predicted molar refractivity (Wildman–Crippen MR) is 80.3 cm³/mol. The van der Waals surface area contributed by atoms with Gasteiger partial charge in [0.15, 0.2) is 11.5 Å². The molecule has 1 saturated carbocycles. The van der Waals surface area contributed by atoms with Crippen LogP contribution in [0.2, 0.25) is 0 Å². The Hall–Kier alpha value is -1.22. The fourth-order valence-corrected chi connectivity index (χ4v) is 3.26. The normalized spacial score (nSPS) is 32.9. The molecule has 0 saturated heterocycles. The summed E-state index contributed by atoms with van der Waals surface area (Å²) in [4.78, 5) is 0. The lowest BCUT2D eigenvalue weighted by atomic mass is 9.80. The van der Waals surface area contributed by atoms with Gasteiger partial charge in [-0.15, -0.1) is 0 Å². The van der Waals surface area contributed by atoms with Crippen LogP contribution in [-0.2, 0) is 0 Å². The van der Waals surface area contributed by atoms with E-state index in [0.717, 1.165) is 29.9 Å². The number of benzene rings is 1. The zero-order valence-electron chi connectivity index (χ0n) is 12.5. The number of rotatable bonds is 3. The molecule has 3 nitrogen and oxygen atoms in total. The first-order chi connectivity index (χ1) is 9.72. The first-order valence-corrected chi connectivity index (χ1v) is 7.84. The maximum Gasteiger partial charge on any atom is 0.161 e. The number of hydrogen-bond donors (Lipinski definition) is 1. The van der Waals surface area contributed by atoms with Gasteiger partial charge in [-0.2, -0.15) is 0 Å². The molecule has 20 heavy (non-hydrogen) atoms. The van der Waals surface area contributed by atoms with Gasteiger partial charge in [-0.1, -0.05) is 32.4 Å². The lowest BCUT2D eigenvalue weighted by molar-refractivity contribution is 0.0827. The highest BCUT2D eigenvalue weighted by atomic mass is 16.6. The van der Waals surface area contributed by atoms with Crippen LogP contribution in [0.3, 0.4) is 0 Å². The minimum atomic E-state index is 0.120. The average molecular weight is 275 g/mol. The smallest absolute Gasteiger partial charge is 0.161 e. The van der Waals surface area contributed by atoms with Gasteiger partial charge in [0.2, 0.25) is 0 Å². The van der Waals surface area contributed by atoms with Crippen molar-refractivity contribution >= 4 is 0 Å². The third kappa shape index (κ3) is 3.09. The second-order valence-electron chi connectivity index (χ2n) is 6.41. The molecule has 1 fully saturated rings. The largest absolute Gasteiger partial charge is 0.486 e. The van der Waals surface area contributed by atoms with E-state index in [1.165, 1.54) is 19.3 Å². The molecular weight excluding hydrogens is 250 g/mol. The first kappa shape index (κ1) is 13.7. The molecule has 4 unspecified atom stereocenters. The summed E-state index contributed by atoms with van der Waals surface area (Å²) < 4.78 is 11.8. The zero-order valence-corrected chi connectivity index (χ0v) is 12.5. The Morgan fingerprint density at radius 2 is 1.95 bits per heavy atom. The minimum absolute atomic E-state index is 0.120. The average Bonchev–Trinajstić information content (AvgIpc) is 2.48. The maximum atomic E-state index is 6.00. The summed E-state index contributed by atoms with van der Waals surface area (Å²) in [6.07, 6.45) is 4.11. The summed E-state index contributed by atoms with van der Waals surface area (Å²) >= 11 is 0. The van der Waals surface area contributed by atoms with Crippen LogP contribution >= 0.6 is 0 Å². The predicted octanol–water partition coefficient (Wildman–Crippen LogP) is 3.24. The fourth-order valence-electron chi connectivity index (χ4n) is 3.26. The van der Waals surface area contributed by atoms with Gasteiger partial charge in [-0.3, -0.25) is 0 Å². The molecule has 1 aromatic rings. The molecular formula is C17H25NO2. The molecule has 0 aromatic heterocycles. The third-order valence-electron chi connectivity index (χ3n) is 4.63. The molecule has 1 heterocycles. The van der Waals surface area contributed by atoms with Crippen molar-refractivity contribution < 1.29 is 9.47 Å². The van der Waals surface area contributed by atoms with Crippen LogP contribution in [0.25, 0.3) is 0 Å². The van der Waals surface area contributed by atoms with Crippen molar-refractivity contribution in [3.05, 3.63) is 24.3 Å². The topological polar surface area (TPSA) is 30.5 Å². The molecule has 0 spiro atoms. The van der Waals surface area contributed by atoms with Gasteiger partial charge >= 0.3 is 0 Å². The summed E-state index contributed by atoms with van der Waals surface area (Å²) in [7, 11) is 0. The van der Waals surface area contributed by atoms with Crippen molar-refractivity contribution in [2.45, 2.75) is 45.3 Å². The molecule has 3 heteroatoms. The molecule has 1 aliphatic heterocycles. The van der Waals surface area contributed by atoms with Crippen LogP contribution in [0.5, 0.6) is 11.5 Å². The summed E-state index contributed by atoms with van der Waals surface area (Å²) in [5, 5.41) is 3.70. The molecule has 4 atom stereocenters. The molecule has 0 bridgehead atoms. The Kier molecular flexibility index (Phi) is 4.16. The van der Waals surface area contributed by atoms with Gasteiger partial charge in [0.1, 0.15) is 12.7 Å². The van der Waals surface area contributed by atoms with Crippen molar-refractivity contribution in [2.24, 2.45) is 11.8 Å². The molecule has 1 N–H and O–H groups in total. The Morgan fingerprint density at radius 1 is 1.15 bits per heavy atom. The monoisotopic (exact) mass is 275 g/mol. The Labute approximate surface area is 121 Å². The molecule has 2 aliphatic rings. The number of nitrogens with one attached hydrogen (secondary N) is 1. The highest BCUT2D eigenvalue weighted by Gasteiger charge is 2.27. The highest BCUT2D eigenvalue weighted by Crippen LogP contribution is 2.31. The lowest BCUT2D eigenvalue weighted by Crippen LogP contribution is -2.46. The van der Waals surface area contributed by atoms with E-state index < -0.39 is 0 Å². The fraction of sp³-hybridized carbons (Fsp3) is 0.647. The number of fused-ring (bicyclic) bond motifs is 1. The van der Waals surface area contributed by atoms with Gasteiger partial charge < -0.3 is 14.8 Å². The van der Waals surface area contributed by atoms with Crippen LogP contribution in [-0.4, -0.2) is 25.3 Å². The summed E-state index contributed by atoms with van der Waals surface area (Å²) in [6.45, 7) is 6.23.